The van der Waals surface area contributed by atoms with Crippen molar-refractivity contribution in [1.82, 2.24) is 0 Å². The van der Waals surface area contributed by atoms with Gasteiger partial charge in [-0.1, -0.05) is 39.7 Å². The Hall–Kier alpha value is -1.03. The average molecular weight is 353 g/mol. The number of hydrogen-bond acceptors (Lipinski definition) is 2. The van der Waals surface area contributed by atoms with Crippen molar-refractivity contribution in [3.05, 3.63) is 62.6 Å². The minimum absolute atomic E-state index is 0.0265. The summed E-state index contributed by atoms with van der Waals surface area (Å²) in [7, 11) is 0. The van der Waals surface area contributed by atoms with Gasteiger partial charge in [0.1, 0.15) is 11.9 Å². The Morgan fingerprint density at radius 2 is 2.05 bits per heavy atom. The number of benzene rings is 2. The van der Waals surface area contributed by atoms with Crippen LogP contribution in [0.25, 0.3) is 0 Å². The molecular weight excluding hydrogens is 338 g/mol. The summed E-state index contributed by atoms with van der Waals surface area (Å²) in [5, 5.41) is 0.765. The predicted octanol–water partition coefficient (Wildman–Crippen LogP) is 4.93. The molecule has 2 aromatic rings. The Morgan fingerprint density at radius 3 is 2.80 bits per heavy atom. The summed E-state index contributed by atoms with van der Waals surface area (Å²) in [4.78, 5) is 0. The largest absolute Gasteiger partial charge is 0.485 e. The fourth-order valence-corrected chi connectivity index (χ4v) is 3.06. The average Bonchev–Trinajstić information content (AvgIpc) is 2.42. The van der Waals surface area contributed by atoms with E-state index >= 15 is 0 Å². The van der Waals surface area contributed by atoms with Gasteiger partial charge in [0.25, 0.3) is 0 Å². The summed E-state index contributed by atoms with van der Waals surface area (Å²) >= 11 is 9.66. The summed E-state index contributed by atoms with van der Waals surface area (Å²) in [6.07, 6.45) is 0.708. The van der Waals surface area contributed by atoms with Gasteiger partial charge in [-0.15, -0.1) is 0 Å². The molecule has 1 unspecified atom stereocenters. The van der Waals surface area contributed by atoms with E-state index in [0.29, 0.717) is 0 Å². The molecule has 2 atom stereocenters. The number of hydrogen-bond donors (Lipinski definition) is 1. The Kier molecular flexibility index (Phi) is 3.76. The van der Waals surface area contributed by atoms with Crippen LogP contribution >= 0.6 is 27.5 Å². The first-order valence-electron chi connectivity index (χ1n) is 6.52. The Bertz CT molecular complexity index is 659. The molecule has 0 spiro atoms. The van der Waals surface area contributed by atoms with Crippen LogP contribution in [0.2, 0.25) is 5.02 Å². The summed E-state index contributed by atoms with van der Waals surface area (Å²) in [6, 6.07) is 12.0. The van der Waals surface area contributed by atoms with Crippen LogP contribution in [-0.4, -0.2) is 0 Å². The van der Waals surface area contributed by atoms with E-state index in [-0.39, 0.29) is 12.1 Å². The van der Waals surface area contributed by atoms with Gasteiger partial charge in [0.15, 0.2) is 0 Å². The highest BCUT2D eigenvalue weighted by Crippen LogP contribution is 2.41. The highest BCUT2D eigenvalue weighted by Gasteiger charge is 2.27. The molecule has 1 heterocycles. The Morgan fingerprint density at radius 1 is 1.25 bits per heavy atom. The molecule has 2 nitrogen and oxygen atoms in total. The van der Waals surface area contributed by atoms with Crippen LogP contribution in [0.5, 0.6) is 5.75 Å². The molecule has 104 valence electrons. The third-order valence-electron chi connectivity index (χ3n) is 3.68. The molecule has 0 fully saturated rings. The van der Waals surface area contributed by atoms with E-state index in [1.54, 1.807) is 0 Å². The lowest BCUT2D eigenvalue weighted by molar-refractivity contribution is 0.161. The first-order chi connectivity index (χ1) is 9.54. The summed E-state index contributed by atoms with van der Waals surface area (Å²) < 4.78 is 7.10. The fraction of sp³-hybridized carbons (Fsp3) is 0.250. The monoisotopic (exact) mass is 351 g/mol. The van der Waals surface area contributed by atoms with Gasteiger partial charge in [-0.3, -0.25) is 0 Å². The quantitative estimate of drug-likeness (QED) is 0.789. The van der Waals surface area contributed by atoms with Crippen LogP contribution in [0.1, 0.15) is 35.3 Å². The second-order valence-electron chi connectivity index (χ2n) is 5.14. The van der Waals surface area contributed by atoms with Crippen LogP contribution in [0.4, 0.5) is 0 Å². The first-order valence-corrected chi connectivity index (χ1v) is 7.69. The zero-order valence-electron chi connectivity index (χ0n) is 11.1. The molecule has 0 bridgehead atoms. The van der Waals surface area contributed by atoms with E-state index in [2.05, 4.69) is 22.0 Å². The smallest absolute Gasteiger partial charge is 0.126 e. The van der Waals surface area contributed by atoms with Crippen LogP contribution < -0.4 is 10.5 Å². The second kappa shape index (κ2) is 5.40. The minimum Gasteiger partial charge on any atom is -0.485 e. The maximum Gasteiger partial charge on any atom is 0.126 e. The predicted molar refractivity (Wildman–Crippen MR) is 85.2 cm³/mol. The van der Waals surface area contributed by atoms with Crippen molar-refractivity contribution in [3.8, 4) is 5.75 Å². The van der Waals surface area contributed by atoms with Gasteiger partial charge < -0.3 is 10.5 Å². The lowest BCUT2D eigenvalue weighted by Gasteiger charge is -2.31. The molecule has 3 rings (SSSR count). The number of nitrogens with two attached hydrogens (primary N) is 1. The molecule has 0 aromatic heterocycles. The lowest BCUT2D eigenvalue weighted by atomic mass is 9.93. The topological polar surface area (TPSA) is 35.2 Å². The third-order valence-corrected chi connectivity index (χ3v) is 4.58. The standard InChI is InChI=1S/C16H15BrClNO/c1-9-2-3-10(6-13(9)18)16-8-14(19)12-7-11(17)4-5-15(12)20-16/h2-7,14,16H,8,19H2,1H3/t14-,16?/m1/s1. The second-order valence-corrected chi connectivity index (χ2v) is 6.46. The van der Waals surface area contributed by atoms with Gasteiger partial charge >= 0.3 is 0 Å². The van der Waals surface area contributed by atoms with E-state index in [1.807, 2.05) is 37.3 Å². The fourth-order valence-electron chi connectivity index (χ4n) is 2.49. The molecule has 0 saturated carbocycles. The van der Waals surface area contributed by atoms with E-state index in [1.165, 1.54) is 0 Å². The molecule has 4 heteroatoms. The number of ether oxygens (including phenoxy) is 1. The first kappa shape index (κ1) is 13.9. The van der Waals surface area contributed by atoms with Crippen LogP contribution in [0.15, 0.2) is 40.9 Å². The Balaban J connectivity index is 1.94. The number of fused-ring (bicyclic) bond motifs is 1. The van der Waals surface area contributed by atoms with E-state index in [9.17, 15) is 0 Å². The maximum atomic E-state index is 6.28. The molecule has 2 aromatic carbocycles. The van der Waals surface area contributed by atoms with Crippen LogP contribution in [0.3, 0.4) is 0 Å². The maximum absolute atomic E-state index is 6.28. The minimum atomic E-state index is -0.0447. The number of aryl methyl sites for hydroxylation is 1. The van der Waals surface area contributed by atoms with Crippen LogP contribution in [-0.2, 0) is 0 Å². The summed E-state index contributed by atoms with van der Waals surface area (Å²) in [6.45, 7) is 1.99. The highest BCUT2D eigenvalue weighted by molar-refractivity contribution is 9.10. The van der Waals surface area contributed by atoms with Crippen molar-refractivity contribution < 1.29 is 4.74 Å². The van der Waals surface area contributed by atoms with Crippen molar-refractivity contribution in [2.75, 3.05) is 0 Å². The van der Waals surface area contributed by atoms with Gasteiger partial charge in [-0.25, -0.2) is 0 Å². The molecular formula is C16H15BrClNO. The van der Waals surface area contributed by atoms with Crippen molar-refractivity contribution in [2.45, 2.75) is 25.5 Å². The highest BCUT2D eigenvalue weighted by atomic mass is 79.9. The molecule has 2 N–H and O–H groups in total. The molecule has 1 aliphatic heterocycles. The van der Waals surface area contributed by atoms with Gasteiger partial charge in [-0.2, -0.15) is 0 Å². The van der Waals surface area contributed by atoms with E-state index in [4.69, 9.17) is 22.1 Å². The Labute approximate surface area is 132 Å². The zero-order chi connectivity index (χ0) is 14.3. The van der Waals surface area contributed by atoms with Gasteiger partial charge in [0, 0.05) is 27.5 Å². The number of halogens is 2. The van der Waals surface area contributed by atoms with Crippen molar-refractivity contribution in [1.29, 1.82) is 0 Å². The molecule has 0 amide bonds. The van der Waals surface area contributed by atoms with Gasteiger partial charge in [0.2, 0.25) is 0 Å². The molecule has 20 heavy (non-hydrogen) atoms. The lowest BCUT2D eigenvalue weighted by Crippen LogP contribution is -2.24. The van der Waals surface area contributed by atoms with E-state index in [0.717, 1.165) is 38.4 Å². The van der Waals surface area contributed by atoms with Gasteiger partial charge in [-0.05, 0) is 42.3 Å². The summed E-state index contributed by atoms with van der Waals surface area (Å²) in [5.74, 6) is 0.855. The van der Waals surface area contributed by atoms with E-state index < -0.39 is 0 Å². The van der Waals surface area contributed by atoms with Crippen molar-refractivity contribution in [2.24, 2.45) is 5.73 Å². The normalized spacial score (nSPS) is 21.2. The summed E-state index contributed by atoms with van der Waals surface area (Å²) in [5.41, 5.74) is 9.47. The number of rotatable bonds is 1. The third kappa shape index (κ3) is 2.58. The SMILES string of the molecule is Cc1ccc(C2C[C@@H](N)c3cc(Br)ccc3O2)cc1Cl. The van der Waals surface area contributed by atoms with Crippen molar-refractivity contribution >= 4 is 27.5 Å². The van der Waals surface area contributed by atoms with Crippen LogP contribution in [0, 0.1) is 6.92 Å². The molecule has 0 radical (unpaired) electrons. The molecule has 1 aliphatic rings. The molecule has 0 aliphatic carbocycles. The zero-order valence-corrected chi connectivity index (χ0v) is 13.4. The molecule has 0 saturated heterocycles. The van der Waals surface area contributed by atoms with Gasteiger partial charge in [0.05, 0.1) is 0 Å². The van der Waals surface area contributed by atoms with Crippen molar-refractivity contribution in [3.63, 3.8) is 0 Å².